The average molecular weight is 431 g/mol. The van der Waals surface area contributed by atoms with Crippen LogP contribution in [0.1, 0.15) is 46.3 Å². The van der Waals surface area contributed by atoms with E-state index in [1.807, 2.05) is 41.4 Å². The second-order valence-electron chi connectivity index (χ2n) is 7.68. The molecule has 6 nitrogen and oxygen atoms in total. The van der Waals surface area contributed by atoms with Gasteiger partial charge in [0.05, 0.1) is 33.8 Å². The van der Waals surface area contributed by atoms with Gasteiger partial charge in [-0.15, -0.1) is 11.3 Å². The van der Waals surface area contributed by atoms with E-state index in [1.165, 1.54) is 16.9 Å². The number of likely N-dealkylation sites (tertiary alicyclic amines) is 1. The Labute approximate surface area is 184 Å². The molecule has 0 N–H and O–H groups in total. The number of oxazole rings is 1. The number of rotatable bonds is 5. The minimum Gasteiger partial charge on any atom is -0.445 e. The fourth-order valence-corrected chi connectivity index (χ4v) is 4.66. The predicted molar refractivity (Wildman–Crippen MR) is 119 cm³/mol. The first-order chi connectivity index (χ1) is 15.3. The maximum absolute atomic E-state index is 13.4. The third-order valence-electron chi connectivity index (χ3n) is 5.55. The third-order valence-corrected chi connectivity index (χ3v) is 6.33. The predicted octanol–water partition coefficient (Wildman–Crippen LogP) is 4.80. The fraction of sp³-hybridized carbons (Fsp3) is 0.250. The summed E-state index contributed by atoms with van der Waals surface area (Å²) >= 11 is 1.49. The van der Waals surface area contributed by atoms with Gasteiger partial charge in [0.2, 0.25) is 0 Å². The molecule has 5 rings (SSSR count). The topological polar surface area (TPSA) is 72.1 Å². The lowest BCUT2D eigenvalue weighted by Crippen LogP contribution is -2.39. The molecule has 1 atom stereocenters. The lowest BCUT2D eigenvalue weighted by Gasteiger charge is -2.31. The van der Waals surface area contributed by atoms with Crippen molar-refractivity contribution in [2.24, 2.45) is 0 Å². The quantitative estimate of drug-likeness (QED) is 0.455. The molecule has 1 aliphatic heterocycles. The lowest BCUT2D eigenvalue weighted by atomic mass is 9.97. The molecule has 1 unspecified atom stereocenters. The monoisotopic (exact) mass is 430 g/mol. The first-order valence-electron chi connectivity index (χ1n) is 10.4. The van der Waals surface area contributed by atoms with Gasteiger partial charge in [0, 0.05) is 31.9 Å². The van der Waals surface area contributed by atoms with Crippen molar-refractivity contribution in [2.45, 2.75) is 25.2 Å². The number of benzene rings is 1. The zero-order valence-electron chi connectivity index (χ0n) is 17.0. The van der Waals surface area contributed by atoms with Gasteiger partial charge in [0.15, 0.2) is 5.89 Å². The van der Waals surface area contributed by atoms with Crippen molar-refractivity contribution < 1.29 is 9.21 Å². The molecule has 4 heterocycles. The molecule has 1 aliphatic rings. The second-order valence-corrected chi connectivity index (χ2v) is 8.57. The molecule has 1 saturated heterocycles. The summed E-state index contributed by atoms with van der Waals surface area (Å²) in [4.78, 5) is 29.3. The fourth-order valence-electron chi connectivity index (χ4n) is 4.03. The first kappa shape index (κ1) is 19.6. The lowest BCUT2D eigenvalue weighted by molar-refractivity contribution is 0.0698. The molecule has 4 aromatic rings. The van der Waals surface area contributed by atoms with Crippen LogP contribution in [-0.4, -0.2) is 38.8 Å². The Morgan fingerprint density at radius 3 is 2.87 bits per heavy atom. The summed E-state index contributed by atoms with van der Waals surface area (Å²) in [5.74, 6) is 1.67. The maximum Gasteiger partial charge on any atom is 0.256 e. The van der Waals surface area contributed by atoms with Gasteiger partial charge in [0.1, 0.15) is 5.76 Å². The van der Waals surface area contributed by atoms with Gasteiger partial charge in [-0.25, -0.2) is 4.98 Å². The van der Waals surface area contributed by atoms with Crippen LogP contribution in [0.4, 0.5) is 0 Å². The van der Waals surface area contributed by atoms with Crippen LogP contribution in [0.3, 0.4) is 0 Å². The van der Waals surface area contributed by atoms with Gasteiger partial charge in [-0.05, 0) is 30.5 Å². The molecule has 0 radical (unpaired) electrons. The van der Waals surface area contributed by atoms with Crippen LogP contribution in [0.15, 0.2) is 71.0 Å². The summed E-state index contributed by atoms with van der Waals surface area (Å²) in [6, 6.07) is 13.9. The Morgan fingerprint density at radius 2 is 2.03 bits per heavy atom. The highest BCUT2D eigenvalue weighted by molar-refractivity contribution is 7.13. The molecular formula is C24H22N4O2S. The first-order valence-corrected chi connectivity index (χ1v) is 11.3. The number of nitrogens with zero attached hydrogens (tertiary/aromatic N) is 4. The van der Waals surface area contributed by atoms with Crippen LogP contribution in [0.2, 0.25) is 0 Å². The van der Waals surface area contributed by atoms with E-state index in [0.717, 1.165) is 42.3 Å². The summed E-state index contributed by atoms with van der Waals surface area (Å²) in [5, 5.41) is 0. The summed E-state index contributed by atoms with van der Waals surface area (Å²) in [6.07, 6.45) is 7.88. The van der Waals surface area contributed by atoms with E-state index in [9.17, 15) is 4.79 Å². The molecule has 7 heteroatoms. The highest BCUT2D eigenvalue weighted by atomic mass is 32.1. The van der Waals surface area contributed by atoms with Gasteiger partial charge in [-0.1, -0.05) is 30.3 Å². The van der Waals surface area contributed by atoms with E-state index in [-0.39, 0.29) is 11.8 Å². The van der Waals surface area contributed by atoms with E-state index in [4.69, 9.17) is 4.42 Å². The molecule has 0 aliphatic carbocycles. The van der Waals surface area contributed by atoms with Crippen LogP contribution in [0.25, 0.3) is 10.6 Å². The van der Waals surface area contributed by atoms with Crippen LogP contribution < -0.4 is 0 Å². The summed E-state index contributed by atoms with van der Waals surface area (Å²) in [7, 11) is 0. The average Bonchev–Trinajstić information content (AvgIpc) is 3.52. The summed E-state index contributed by atoms with van der Waals surface area (Å²) in [5.41, 5.74) is 4.26. The minimum atomic E-state index is -0.00253. The number of hydrogen-bond acceptors (Lipinski definition) is 6. The summed E-state index contributed by atoms with van der Waals surface area (Å²) in [6.45, 7) is 1.32. The Bertz CT molecular complexity index is 1160. The zero-order chi connectivity index (χ0) is 21.0. The molecule has 1 fully saturated rings. The number of hydrogen-bond donors (Lipinski definition) is 0. The SMILES string of the molecule is O=C(c1cccnc1-c1cncs1)N1CCCC(c2ncc(Cc3ccccc3)o2)C1. The number of thiazole rings is 1. The van der Waals surface area contributed by atoms with Gasteiger partial charge in [0.25, 0.3) is 5.91 Å². The van der Waals surface area contributed by atoms with E-state index in [0.29, 0.717) is 17.8 Å². The minimum absolute atomic E-state index is 0.00253. The van der Waals surface area contributed by atoms with Crippen molar-refractivity contribution in [1.82, 2.24) is 19.9 Å². The number of piperidine rings is 1. The van der Waals surface area contributed by atoms with E-state index < -0.39 is 0 Å². The van der Waals surface area contributed by atoms with Crippen molar-refractivity contribution in [3.63, 3.8) is 0 Å². The maximum atomic E-state index is 13.4. The summed E-state index contributed by atoms with van der Waals surface area (Å²) < 4.78 is 6.08. The van der Waals surface area contributed by atoms with E-state index >= 15 is 0 Å². The largest absolute Gasteiger partial charge is 0.445 e. The number of amides is 1. The van der Waals surface area contributed by atoms with Gasteiger partial charge in [-0.3, -0.25) is 14.8 Å². The second kappa shape index (κ2) is 8.81. The van der Waals surface area contributed by atoms with Crippen LogP contribution in [-0.2, 0) is 6.42 Å². The van der Waals surface area contributed by atoms with Crippen molar-refractivity contribution >= 4 is 17.2 Å². The molecule has 156 valence electrons. The molecule has 0 saturated carbocycles. The van der Waals surface area contributed by atoms with Crippen molar-refractivity contribution in [3.05, 3.63) is 89.3 Å². The van der Waals surface area contributed by atoms with Crippen molar-refractivity contribution in [2.75, 3.05) is 13.1 Å². The molecule has 1 amide bonds. The smallest absolute Gasteiger partial charge is 0.256 e. The number of pyridine rings is 1. The number of aromatic nitrogens is 3. The van der Waals surface area contributed by atoms with Crippen molar-refractivity contribution in [3.8, 4) is 10.6 Å². The third kappa shape index (κ3) is 4.27. The number of carbonyl (C=O) groups is 1. The highest BCUT2D eigenvalue weighted by Crippen LogP contribution is 2.30. The molecule has 0 spiro atoms. The van der Waals surface area contributed by atoms with E-state index in [2.05, 4.69) is 27.1 Å². The Kier molecular flexibility index (Phi) is 5.58. The van der Waals surface area contributed by atoms with Crippen LogP contribution >= 0.6 is 11.3 Å². The highest BCUT2D eigenvalue weighted by Gasteiger charge is 2.30. The molecular weight excluding hydrogens is 408 g/mol. The van der Waals surface area contributed by atoms with Gasteiger partial charge in [-0.2, -0.15) is 0 Å². The normalized spacial score (nSPS) is 16.4. The molecule has 31 heavy (non-hydrogen) atoms. The Hall–Kier alpha value is -3.32. The number of carbonyl (C=O) groups excluding carboxylic acids is 1. The Balaban J connectivity index is 1.32. The van der Waals surface area contributed by atoms with E-state index in [1.54, 1.807) is 17.9 Å². The standard InChI is InChI=1S/C24H22N4O2S/c29-24(20-9-4-10-26-22(20)21-14-25-16-31-21)28-11-5-8-18(15-28)23-27-13-19(30-23)12-17-6-2-1-3-7-17/h1-4,6-7,9-10,13-14,16,18H,5,8,11-12,15H2. The van der Waals surface area contributed by atoms with Crippen LogP contribution in [0, 0.1) is 0 Å². The van der Waals surface area contributed by atoms with Gasteiger partial charge >= 0.3 is 0 Å². The molecule has 0 bridgehead atoms. The van der Waals surface area contributed by atoms with Crippen LogP contribution in [0.5, 0.6) is 0 Å². The Morgan fingerprint density at radius 1 is 1.13 bits per heavy atom. The zero-order valence-corrected chi connectivity index (χ0v) is 17.8. The molecule has 1 aromatic carbocycles. The van der Waals surface area contributed by atoms with Crippen molar-refractivity contribution in [1.29, 1.82) is 0 Å². The molecule has 3 aromatic heterocycles. The van der Waals surface area contributed by atoms with Gasteiger partial charge < -0.3 is 9.32 Å².